The van der Waals surface area contributed by atoms with Gasteiger partial charge in [-0.1, -0.05) is 0 Å². The number of carbonyl (C=O) groups is 2. The van der Waals surface area contributed by atoms with Crippen molar-refractivity contribution in [1.82, 2.24) is 9.78 Å². The number of carboxylic acids is 1. The summed E-state index contributed by atoms with van der Waals surface area (Å²) >= 11 is 0. The maximum atomic E-state index is 12.4. The average Bonchev–Trinajstić information content (AvgIpc) is 2.91. The molecular weight excluding hydrogens is 274 g/mol. The molecule has 0 atom stereocenters. The summed E-state index contributed by atoms with van der Waals surface area (Å²) in [5, 5.41) is 22.0. The molecule has 21 heavy (non-hydrogen) atoms. The molecule has 1 aromatic heterocycles. The van der Waals surface area contributed by atoms with Crippen molar-refractivity contribution in [3.05, 3.63) is 47.8 Å². The van der Waals surface area contributed by atoms with E-state index in [1.807, 2.05) is 0 Å². The van der Waals surface area contributed by atoms with Gasteiger partial charge in [0.2, 0.25) is 0 Å². The first-order valence-corrected chi connectivity index (χ1v) is 6.28. The standard InChI is InChI=1S/C14H15N3O4/c1-16-7-6-12(15-16)13(19)17(8-9-18)11-4-2-10(3-5-11)14(20)21/h2-7,18H,8-9H2,1H3,(H,20,21). The molecule has 7 nitrogen and oxygen atoms in total. The molecule has 1 heterocycles. The van der Waals surface area contributed by atoms with E-state index in [-0.39, 0.29) is 30.3 Å². The van der Waals surface area contributed by atoms with Crippen molar-refractivity contribution in [2.75, 3.05) is 18.1 Å². The van der Waals surface area contributed by atoms with Crippen LogP contribution in [-0.4, -0.2) is 45.0 Å². The SMILES string of the molecule is Cn1ccc(C(=O)N(CCO)c2ccc(C(=O)O)cc2)n1. The Morgan fingerprint density at radius 3 is 2.38 bits per heavy atom. The average molecular weight is 289 g/mol. The van der Waals surface area contributed by atoms with Crippen molar-refractivity contribution >= 4 is 17.6 Å². The van der Waals surface area contributed by atoms with E-state index >= 15 is 0 Å². The van der Waals surface area contributed by atoms with Crippen LogP contribution in [-0.2, 0) is 7.05 Å². The van der Waals surface area contributed by atoms with Crippen molar-refractivity contribution in [3.63, 3.8) is 0 Å². The van der Waals surface area contributed by atoms with Gasteiger partial charge in [0.05, 0.1) is 12.2 Å². The summed E-state index contributed by atoms with van der Waals surface area (Å²) in [6.45, 7) is -0.110. The van der Waals surface area contributed by atoms with Crippen molar-refractivity contribution < 1.29 is 19.8 Å². The monoisotopic (exact) mass is 289 g/mol. The second-order valence-electron chi connectivity index (χ2n) is 4.41. The Morgan fingerprint density at radius 1 is 1.24 bits per heavy atom. The first-order chi connectivity index (χ1) is 10.0. The van der Waals surface area contributed by atoms with E-state index in [9.17, 15) is 9.59 Å². The second kappa shape index (κ2) is 6.19. The highest BCUT2D eigenvalue weighted by atomic mass is 16.4. The number of nitrogens with zero attached hydrogens (tertiary/aromatic N) is 3. The summed E-state index contributed by atoms with van der Waals surface area (Å²) in [6.07, 6.45) is 1.65. The Kier molecular flexibility index (Phi) is 4.34. The van der Waals surface area contributed by atoms with Crippen LogP contribution in [0.5, 0.6) is 0 Å². The number of aliphatic hydroxyl groups is 1. The zero-order chi connectivity index (χ0) is 15.4. The van der Waals surface area contributed by atoms with E-state index in [0.717, 1.165) is 0 Å². The zero-order valence-electron chi connectivity index (χ0n) is 11.4. The number of benzene rings is 1. The minimum Gasteiger partial charge on any atom is -0.478 e. The van der Waals surface area contributed by atoms with Crippen molar-refractivity contribution in [2.24, 2.45) is 7.05 Å². The lowest BCUT2D eigenvalue weighted by Crippen LogP contribution is -2.34. The highest BCUT2D eigenvalue weighted by Crippen LogP contribution is 2.17. The van der Waals surface area contributed by atoms with Gasteiger partial charge >= 0.3 is 5.97 Å². The van der Waals surface area contributed by atoms with Crippen molar-refractivity contribution in [2.45, 2.75) is 0 Å². The van der Waals surface area contributed by atoms with Gasteiger partial charge in [0.25, 0.3) is 5.91 Å². The number of anilines is 1. The first kappa shape index (κ1) is 14.7. The minimum absolute atomic E-state index is 0.0990. The van der Waals surface area contributed by atoms with Gasteiger partial charge in [0.15, 0.2) is 5.69 Å². The molecule has 0 aliphatic heterocycles. The number of carboxylic acid groups (broad SMARTS) is 1. The number of amides is 1. The van der Waals surface area contributed by atoms with E-state index in [2.05, 4.69) is 5.10 Å². The molecule has 0 saturated heterocycles. The lowest BCUT2D eigenvalue weighted by atomic mass is 10.2. The lowest BCUT2D eigenvalue weighted by molar-refractivity contribution is 0.0696. The molecular formula is C14H15N3O4. The number of carbonyl (C=O) groups excluding carboxylic acids is 1. The fraction of sp³-hybridized carbons (Fsp3) is 0.214. The molecule has 0 unspecified atom stereocenters. The fourth-order valence-corrected chi connectivity index (χ4v) is 1.90. The number of aromatic carboxylic acids is 1. The van der Waals surface area contributed by atoms with Crippen LogP contribution in [0.15, 0.2) is 36.5 Å². The quantitative estimate of drug-likeness (QED) is 0.847. The van der Waals surface area contributed by atoms with Gasteiger partial charge in [-0.15, -0.1) is 0 Å². The molecule has 7 heteroatoms. The first-order valence-electron chi connectivity index (χ1n) is 6.28. The summed E-state index contributed by atoms with van der Waals surface area (Å²) in [5.74, 6) is -1.39. The molecule has 0 fully saturated rings. The number of rotatable bonds is 5. The molecule has 0 radical (unpaired) electrons. The highest BCUT2D eigenvalue weighted by Gasteiger charge is 2.19. The van der Waals surface area contributed by atoms with Crippen LogP contribution in [0.3, 0.4) is 0 Å². The maximum Gasteiger partial charge on any atom is 0.335 e. The zero-order valence-corrected chi connectivity index (χ0v) is 11.4. The Labute approximate surface area is 121 Å². The Hall–Kier alpha value is -2.67. The molecule has 0 spiro atoms. The Balaban J connectivity index is 2.29. The van der Waals surface area contributed by atoms with Crippen LogP contribution in [0, 0.1) is 0 Å². The third kappa shape index (κ3) is 3.26. The maximum absolute atomic E-state index is 12.4. The molecule has 1 amide bonds. The van der Waals surface area contributed by atoms with Gasteiger partial charge in [-0.2, -0.15) is 5.10 Å². The molecule has 2 rings (SSSR count). The summed E-state index contributed by atoms with van der Waals surface area (Å²) < 4.78 is 1.51. The van der Waals surface area contributed by atoms with Crippen LogP contribution in [0.25, 0.3) is 0 Å². The topological polar surface area (TPSA) is 95.7 Å². The largest absolute Gasteiger partial charge is 0.478 e. The molecule has 0 aliphatic carbocycles. The van der Waals surface area contributed by atoms with Gasteiger partial charge in [0.1, 0.15) is 0 Å². The smallest absolute Gasteiger partial charge is 0.335 e. The van der Waals surface area contributed by atoms with Crippen LogP contribution in [0.2, 0.25) is 0 Å². The number of aromatic nitrogens is 2. The van der Waals surface area contributed by atoms with Gasteiger partial charge in [-0.05, 0) is 30.3 Å². The summed E-state index contributed by atoms with van der Waals surface area (Å²) in [5.41, 5.74) is 0.894. The van der Waals surface area contributed by atoms with Crippen molar-refractivity contribution in [1.29, 1.82) is 0 Å². The summed E-state index contributed by atoms with van der Waals surface area (Å²) in [6, 6.07) is 7.46. The van der Waals surface area contributed by atoms with Crippen LogP contribution >= 0.6 is 0 Å². The summed E-state index contributed by atoms with van der Waals surface area (Å²) in [4.78, 5) is 24.6. The van der Waals surface area contributed by atoms with Gasteiger partial charge < -0.3 is 15.1 Å². The van der Waals surface area contributed by atoms with E-state index in [1.165, 1.54) is 33.8 Å². The Morgan fingerprint density at radius 2 is 1.90 bits per heavy atom. The number of aryl methyl sites for hydroxylation is 1. The summed E-state index contributed by atoms with van der Waals surface area (Å²) in [7, 11) is 1.70. The van der Waals surface area contributed by atoms with Crippen LogP contribution < -0.4 is 4.90 Å². The molecule has 110 valence electrons. The second-order valence-corrected chi connectivity index (χ2v) is 4.41. The lowest BCUT2D eigenvalue weighted by Gasteiger charge is -2.21. The van der Waals surface area contributed by atoms with E-state index in [4.69, 9.17) is 10.2 Å². The normalized spacial score (nSPS) is 10.4. The number of hydrogen-bond acceptors (Lipinski definition) is 4. The third-order valence-electron chi connectivity index (χ3n) is 2.93. The van der Waals surface area contributed by atoms with Crippen molar-refractivity contribution in [3.8, 4) is 0 Å². The molecule has 1 aromatic carbocycles. The van der Waals surface area contributed by atoms with E-state index in [0.29, 0.717) is 5.69 Å². The van der Waals surface area contributed by atoms with Gasteiger partial charge in [-0.25, -0.2) is 4.79 Å². The molecule has 2 N–H and O–H groups in total. The van der Waals surface area contributed by atoms with Gasteiger partial charge in [-0.3, -0.25) is 9.48 Å². The predicted octanol–water partition coefficient (Wildman–Crippen LogP) is 0.757. The Bertz CT molecular complexity index is 648. The predicted molar refractivity (Wildman–Crippen MR) is 75.4 cm³/mol. The number of aliphatic hydroxyl groups excluding tert-OH is 1. The van der Waals surface area contributed by atoms with Crippen LogP contribution in [0.1, 0.15) is 20.8 Å². The van der Waals surface area contributed by atoms with E-state index < -0.39 is 5.97 Å². The fourth-order valence-electron chi connectivity index (χ4n) is 1.90. The number of hydrogen-bond donors (Lipinski definition) is 2. The molecule has 0 bridgehead atoms. The van der Waals surface area contributed by atoms with Crippen LogP contribution in [0.4, 0.5) is 5.69 Å². The highest BCUT2D eigenvalue weighted by molar-refractivity contribution is 6.05. The minimum atomic E-state index is -1.04. The third-order valence-corrected chi connectivity index (χ3v) is 2.93. The molecule has 0 aliphatic rings. The molecule has 2 aromatic rings. The van der Waals surface area contributed by atoms with E-state index in [1.54, 1.807) is 19.3 Å². The van der Waals surface area contributed by atoms with Gasteiger partial charge in [0, 0.05) is 25.5 Å². The molecule has 0 saturated carbocycles.